The van der Waals surface area contributed by atoms with Crippen molar-refractivity contribution in [3.05, 3.63) is 60.3 Å². The van der Waals surface area contributed by atoms with E-state index >= 15 is 0 Å². The number of anilines is 1. The van der Waals surface area contributed by atoms with Crippen LogP contribution >= 0.6 is 11.8 Å². The quantitative estimate of drug-likeness (QED) is 0.521. The van der Waals surface area contributed by atoms with Crippen LogP contribution in [0.2, 0.25) is 0 Å². The summed E-state index contributed by atoms with van der Waals surface area (Å²) in [6, 6.07) is 17.0. The number of nitrogens with zero attached hydrogens (tertiary/aromatic N) is 2. The van der Waals surface area contributed by atoms with Gasteiger partial charge >= 0.3 is 0 Å². The second-order valence-electron chi connectivity index (χ2n) is 7.50. The van der Waals surface area contributed by atoms with Crippen molar-refractivity contribution in [2.75, 3.05) is 43.9 Å². The van der Waals surface area contributed by atoms with E-state index in [1.807, 2.05) is 20.0 Å². The number of fused-ring (bicyclic) bond motifs is 1. The van der Waals surface area contributed by atoms with E-state index in [4.69, 9.17) is 0 Å². The van der Waals surface area contributed by atoms with E-state index < -0.39 is 0 Å². The summed E-state index contributed by atoms with van der Waals surface area (Å²) in [5.74, 6) is 0. The first-order chi connectivity index (χ1) is 14.7. The van der Waals surface area contributed by atoms with Crippen LogP contribution in [0.15, 0.2) is 59.6 Å². The van der Waals surface area contributed by atoms with Gasteiger partial charge in [-0.1, -0.05) is 38.1 Å². The number of thioether (sulfide) groups is 1. The third-order valence-electron chi connectivity index (χ3n) is 5.71. The van der Waals surface area contributed by atoms with E-state index in [1.165, 1.54) is 27.0 Å². The van der Waals surface area contributed by atoms with Gasteiger partial charge in [0.15, 0.2) is 0 Å². The zero-order chi connectivity index (χ0) is 21.3. The van der Waals surface area contributed by atoms with E-state index in [1.54, 1.807) is 11.8 Å². The molecule has 0 saturated carbocycles. The fraction of sp³-hybridized carbons (Fsp3) is 0.440. The predicted octanol–water partition coefficient (Wildman–Crippen LogP) is 5.03. The molecule has 4 rings (SSSR count). The number of aliphatic hydroxyl groups excluding tert-OH is 1. The normalized spacial score (nSPS) is 15.7. The number of piperazine rings is 1. The van der Waals surface area contributed by atoms with Gasteiger partial charge in [0.2, 0.25) is 0 Å². The average Bonchev–Trinajstić information content (AvgIpc) is 3.29. The molecule has 2 N–H and O–H groups in total. The average molecular weight is 426 g/mol. The number of H-pyrrole nitrogens is 1. The molecule has 1 aliphatic heterocycles. The number of benzene rings is 2. The maximum Gasteiger partial charge on any atom is 0.0593 e. The molecular formula is C25H35N3OS. The van der Waals surface area contributed by atoms with Crippen LogP contribution in [-0.2, 0) is 6.42 Å². The van der Waals surface area contributed by atoms with Crippen LogP contribution in [0, 0.1) is 0 Å². The van der Waals surface area contributed by atoms with Crippen molar-refractivity contribution in [2.24, 2.45) is 0 Å². The van der Waals surface area contributed by atoms with Crippen molar-refractivity contribution in [3.8, 4) is 0 Å². The summed E-state index contributed by atoms with van der Waals surface area (Å²) in [6.07, 6.45) is 5.40. The van der Waals surface area contributed by atoms with Crippen LogP contribution in [0.3, 0.4) is 0 Å². The number of aromatic nitrogens is 1. The molecule has 2 aromatic carbocycles. The van der Waals surface area contributed by atoms with Gasteiger partial charge in [0.1, 0.15) is 0 Å². The van der Waals surface area contributed by atoms with E-state index in [0.717, 1.165) is 45.6 Å². The minimum absolute atomic E-state index is 0.278. The van der Waals surface area contributed by atoms with Crippen molar-refractivity contribution < 1.29 is 5.11 Å². The van der Waals surface area contributed by atoms with Crippen molar-refractivity contribution in [1.29, 1.82) is 0 Å². The standard InChI is InChI=1S/C23H29N3OS.C2H6/c1-28-23-8-3-2-5-18(23)17-19(27)10-12-25-13-15-26(16-14-25)22-7-4-6-21-20(22)9-11-24-21;1-2/h2-9,11,19,24,27H,10,12-17H2,1H3;1-2H3. The Hall–Kier alpha value is -1.95. The Bertz CT molecular complexity index is 902. The molecule has 30 heavy (non-hydrogen) atoms. The number of nitrogens with one attached hydrogen (secondary N) is 1. The van der Waals surface area contributed by atoms with E-state index in [0.29, 0.717) is 0 Å². The van der Waals surface area contributed by atoms with Gasteiger partial charge in [0, 0.05) is 60.4 Å². The molecule has 3 aromatic rings. The Morgan fingerprint density at radius 1 is 1.00 bits per heavy atom. The summed E-state index contributed by atoms with van der Waals surface area (Å²) in [6.45, 7) is 9.14. The number of aromatic amines is 1. The van der Waals surface area contributed by atoms with Crippen LogP contribution < -0.4 is 4.90 Å². The maximum atomic E-state index is 10.5. The Morgan fingerprint density at radius 3 is 2.53 bits per heavy atom. The molecule has 1 fully saturated rings. The molecule has 1 saturated heterocycles. The fourth-order valence-electron chi connectivity index (χ4n) is 4.12. The highest BCUT2D eigenvalue weighted by atomic mass is 32.2. The van der Waals surface area contributed by atoms with Crippen LogP contribution in [0.4, 0.5) is 5.69 Å². The summed E-state index contributed by atoms with van der Waals surface area (Å²) in [7, 11) is 0. The molecule has 0 aliphatic carbocycles. The molecule has 1 unspecified atom stereocenters. The van der Waals surface area contributed by atoms with Crippen LogP contribution in [0.1, 0.15) is 25.8 Å². The third kappa shape index (κ3) is 5.60. The molecule has 2 heterocycles. The van der Waals surface area contributed by atoms with Gasteiger partial charge in [-0.15, -0.1) is 11.8 Å². The second kappa shape index (κ2) is 11.4. The first-order valence-corrected chi connectivity index (χ1v) is 12.3. The molecule has 1 aromatic heterocycles. The van der Waals surface area contributed by atoms with Crippen LogP contribution in [-0.4, -0.2) is 60.1 Å². The predicted molar refractivity (Wildman–Crippen MR) is 131 cm³/mol. The molecule has 0 amide bonds. The van der Waals surface area contributed by atoms with E-state index in [9.17, 15) is 5.11 Å². The van der Waals surface area contributed by atoms with Crippen LogP contribution in [0.25, 0.3) is 10.9 Å². The molecule has 162 valence electrons. The SMILES string of the molecule is CC.CSc1ccccc1CC(O)CCN1CCN(c2cccc3[nH]ccc23)CC1. The molecule has 5 heteroatoms. The highest BCUT2D eigenvalue weighted by Gasteiger charge is 2.19. The first-order valence-electron chi connectivity index (χ1n) is 11.1. The Kier molecular flexibility index (Phi) is 8.67. The number of hydrogen-bond donors (Lipinski definition) is 2. The molecule has 0 spiro atoms. The minimum atomic E-state index is -0.278. The number of aliphatic hydroxyl groups is 1. The maximum absolute atomic E-state index is 10.5. The van der Waals surface area contributed by atoms with Crippen molar-refractivity contribution in [1.82, 2.24) is 9.88 Å². The van der Waals surface area contributed by atoms with E-state index in [2.05, 4.69) is 69.6 Å². The fourth-order valence-corrected chi connectivity index (χ4v) is 4.74. The number of hydrogen-bond acceptors (Lipinski definition) is 4. The second-order valence-corrected chi connectivity index (χ2v) is 8.35. The molecule has 1 aliphatic rings. The van der Waals surface area contributed by atoms with Gasteiger partial charge in [-0.25, -0.2) is 0 Å². The Labute approximate surface area is 185 Å². The van der Waals surface area contributed by atoms with Gasteiger partial charge in [-0.05, 0) is 48.9 Å². The van der Waals surface area contributed by atoms with Gasteiger partial charge in [-0.2, -0.15) is 0 Å². The van der Waals surface area contributed by atoms with Gasteiger partial charge in [0.25, 0.3) is 0 Å². The lowest BCUT2D eigenvalue weighted by Crippen LogP contribution is -2.47. The topological polar surface area (TPSA) is 42.5 Å². The number of rotatable bonds is 7. The van der Waals surface area contributed by atoms with Crippen LogP contribution in [0.5, 0.6) is 0 Å². The van der Waals surface area contributed by atoms with Crippen molar-refractivity contribution in [3.63, 3.8) is 0 Å². The lowest BCUT2D eigenvalue weighted by Gasteiger charge is -2.36. The van der Waals surface area contributed by atoms with E-state index in [-0.39, 0.29) is 6.10 Å². The molecular weight excluding hydrogens is 390 g/mol. The smallest absolute Gasteiger partial charge is 0.0593 e. The Balaban J connectivity index is 0.00000124. The zero-order valence-electron chi connectivity index (χ0n) is 18.5. The van der Waals surface area contributed by atoms with Gasteiger partial charge < -0.3 is 15.0 Å². The summed E-state index contributed by atoms with van der Waals surface area (Å²) in [5.41, 5.74) is 3.78. The summed E-state index contributed by atoms with van der Waals surface area (Å²) < 4.78 is 0. The zero-order valence-corrected chi connectivity index (χ0v) is 19.3. The molecule has 0 radical (unpaired) electrons. The summed E-state index contributed by atoms with van der Waals surface area (Å²) in [5, 5.41) is 11.8. The largest absolute Gasteiger partial charge is 0.393 e. The molecule has 4 nitrogen and oxygen atoms in total. The lowest BCUT2D eigenvalue weighted by molar-refractivity contribution is 0.137. The Morgan fingerprint density at radius 2 is 1.77 bits per heavy atom. The third-order valence-corrected chi connectivity index (χ3v) is 6.55. The minimum Gasteiger partial charge on any atom is -0.393 e. The highest BCUT2D eigenvalue weighted by Crippen LogP contribution is 2.27. The van der Waals surface area contributed by atoms with Crippen molar-refractivity contribution in [2.45, 2.75) is 37.7 Å². The lowest BCUT2D eigenvalue weighted by atomic mass is 10.1. The molecule has 1 atom stereocenters. The van der Waals surface area contributed by atoms with Gasteiger partial charge in [0.05, 0.1) is 6.10 Å². The van der Waals surface area contributed by atoms with Gasteiger partial charge in [-0.3, -0.25) is 4.90 Å². The summed E-state index contributed by atoms with van der Waals surface area (Å²) >= 11 is 1.75. The monoisotopic (exact) mass is 425 g/mol. The summed E-state index contributed by atoms with van der Waals surface area (Å²) in [4.78, 5) is 9.54. The highest BCUT2D eigenvalue weighted by molar-refractivity contribution is 7.98. The van der Waals surface area contributed by atoms with Crippen molar-refractivity contribution >= 4 is 28.4 Å². The first kappa shape index (κ1) is 22.7. The molecule has 0 bridgehead atoms.